The van der Waals surface area contributed by atoms with E-state index in [0.29, 0.717) is 11.8 Å². The average molecular weight is 300 g/mol. The second kappa shape index (κ2) is 6.00. The third-order valence-corrected chi connectivity index (χ3v) is 4.81. The van der Waals surface area contributed by atoms with Crippen LogP contribution in [0, 0.1) is 5.92 Å². The van der Waals surface area contributed by atoms with E-state index in [9.17, 15) is 0 Å². The van der Waals surface area contributed by atoms with Crippen LogP contribution in [-0.2, 0) is 11.2 Å². The molecule has 0 spiro atoms. The SMILES string of the molecule is C1CC(c2noc(CC3CC4CCC(C3)N4)n2)CO1.Cl. The fourth-order valence-corrected chi connectivity index (χ4v) is 3.84. The highest BCUT2D eigenvalue weighted by Gasteiger charge is 2.34. The van der Waals surface area contributed by atoms with E-state index >= 15 is 0 Å². The molecule has 3 aliphatic heterocycles. The molecule has 3 unspecified atom stereocenters. The number of hydrogen-bond acceptors (Lipinski definition) is 5. The van der Waals surface area contributed by atoms with E-state index in [4.69, 9.17) is 9.26 Å². The van der Waals surface area contributed by atoms with Gasteiger partial charge in [-0.1, -0.05) is 5.16 Å². The summed E-state index contributed by atoms with van der Waals surface area (Å²) in [5, 5.41) is 7.81. The first-order valence-electron chi connectivity index (χ1n) is 7.53. The van der Waals surface area contributed by atoms with Crippen molar-refractivity contribution in [3.63, 3.8) is 0 Å². The minimum absolute atomic E-state index is 0. The number of nitrogens with zero attached hydrogens (tertiary/aromatic N) is 2. The van der Waals surface area contributed by atoms with Gasteiger partial charge in [0.25, 0.3) is 0 Å². The summed E-state index contributed by atoms with van der Waals surface area (Å²) in [6, 6.07) is 1.46. The number of piperidine rings is 1. The summed E-state index contributed by atoms with van der Waals surface area (Å²) in [6.45, 7) is 1.57. The number of rotatable bonds is 3. The first-order chi connectivity index (χ1) is 9.37. The van der Waals surface area contributed by atoms with Gasteiger partial charge in [-0.3, -0.25) is 0 Å². The van der Waals surface area contributed by atoms with Gasteiger partial charge in [-0.2, -0.15) is 4.98 Å². The Hall–Kier alpha value is -0.650. The molecule has 1 N–H and O–H groups in total. The Labute approximate surface area is 125 Å². The molecule has 0 saturated carbocycles. The van der Waals surface area contributed by atoms with Crippen LogP contribution in [0.2, 0.25) is 0 Å². The third-order valence-electron chi connectivity index (χ3n) is 4.81. The maximum absolute atomic E-state index is 5.43. The van der Waals surface area contributed by atoms with Crippen LogP contribution in [-0.4, -0.2) is 35.4 Å². The molecule has 0 amide bonds. The van der Waals surface area contributed by atoms with Crippen LogP contribution in [0.3, 0.4) is 0 Å². The molecule has 3 atom stereocenters. The van der Waals surface area contributed by atoms with Crippen LogP contribution in [0.15, 0.2) is 4.52 Å². The first-order valence-corrected chi connectivity index (χ1v) is 7.53. The van der Waals surface area contributed by atoms with E-state index < -0.39 is 0 Å². The molecule has 112 valence electrons. The minimum Gasteiger partial charge on any atom is -0.381 e. The van der Waals surface area contributed by atoms with Crippen molar-refractivity contribution >= 4 is 12.4 Å². The maximum Gasteiger partial charge on any atom is 0.226 e. The number of ether oxygens (including phenoxy) is 1. The van der Waals surface area contributed by atoms with Crippen molar-refractivity contribution in [2.45, 2.75) is 56.5 Å². The van der Waals surface area contributed by atoms with Crippen LogP contribution >= 0.6 is 12.4 Å². The number of fused-ring (bicyclic) bond motifs is 2. The van der Waals surface area contributed by atoms with Crippen molar-refractivity contribution in [1.82, 2.24) is 15.5 Å². The van der Waals surface area contributed by atoms with Crippen LogP contribution in [0.25, 0.3) is 0 Å². The molecule has 4 heterocycles. The molecule has 5 nitrogen and oxygen atoms in total. The molecule has 0 aliphatic carbocycles. The van der Waals surface area contributed by atoms with Gasteiger partial charge in [0, 0.05) is 31.0 Å². The minimum atomic E-state index is 0. The van der Waals surface area contributed by atoms with Crippen LogP contribution < -0.4 is 5.32 Å². The Bertz CT molecular complexity index is 435. The van der Waals surface area contributed by atoms with E-state index in [1.165, 1.54) is 25.7 Å². The fraction of sp³-hybridized carbons (Fsp3) is 0.857. The lowest BCUT2D eigenvalue weighted by Crippen LogP contribution is -2.38. The number of aromatic nitrogens is 2. The smallest absolute Gasteiger partial charge is 0.226 e. The lowest BCUT2D eigenvalue weighted by Gasteiger charge is -2.28. The van der Waals surface area contributed by atoms with Crippen molar-refractivity contribution in [3.8, 4) is 0 Å². The van der Waals surface area contributed by atoms with Gasteiger partial charge in [-0.05, 0) is 38.0 Å². The Morgan fingerprint density at radius 2 is 1.95 bits per heavy atom. The fourth-order valence-electron chi connectivity index (χ4n) is 3.84. The van der Waals surface area contributed by atoms with E-state index in [1.807, 2.05) is 0 Å². The van der Waals surface area contributed by atoms with Crippen molar-refractivity contribution in [1.29, 1.82) is 0 Å². The zero-order chi connectivity index (χ0) is 12.7. The van der Waals surface area contributed by atoms with Gasteiger partial charge in [0.05, 0.1) is 6.61 Å². The van der Waals surface area contributed by atoms with Gasteiger partial charge in [0.2, 0.25) is 5.89 Å². The van der Waals surface area contributed by atoms with Crippen LogP contribution in [0.1, 0.15) is 49.7 Å². The van der Waals surface area contributed by atoms with Gasteiger partial charge in [0.15, 0.2) is 5.82 Å². The quantitative estimate of drug-likeness (QED) is 0.926. The molecule has 1 aromatic rings. The topological polar surface area (TPSA) is 60.2 Å². The zero-order valence-corrected chi connectivity index (χ0v) is 12.4. The monoisotopic (exact) mass is 299 g/mol. The highest BCUT2D eigenvalue weighted by molar-refractivity contribution is 5.85. The highest BCUT2D eigenvalue weighted by atomic mass is 35.5. The predicted molar refractivity (Wildman–Crippen MR) is 76.1 cm³/mol. The van der Waals surface area contributed by atoms with Crippen molar-refractivity contribution in [3.05, 3.63) is 11.7 Å². The molecule has 6 heteroatoms. The summed E-state index contributed by atoms with van der Waals surface area (Å²) in [5.74, 6) is 2.74. The summed E-state index contributed by atoms with van der Waals surface area (Å²) in [7, 11) is 0. The van der Waals surface area contributed by atoms with E-state index in [0.717, 1.165) is 49.9 Å². The zero-order valence-electron chi connectivity index (χ0n) is 11.6. The third kappa shape index (κ3) is 2.85. The van der Waals surface area contributed by atoms with Crippen LogP contribution in [0.5, 0.6) is 0 Å². The molecule has 3 fully saturated rings. The average Bonchev–Trinajstić information content (AvgIpc) is 3.10. The number of hydrogen-bond donors (Lipinski definition) is 1. The number of halogens is 1. The molecule has 3 saturated heterocycles. The Morgan fingerprint density at radius 1 is 1.15 bits per heavy atom. The van der Waals surface area contributed by atoms with Gasteiger partial charge >= 0.3 is 0 Å². The molecule has 0 radical (unpaired) electrons. The molecule has 0 aromatic carbocycles. The van der Waals surface area contributed by atoms with E-state index in [-0.39, 0.29) is 12.4 Å². The largest absolute Gasteiger partial charge is 0.381 e. The Morgan fingerprint density at radius 3 is 2.65 bits per heavy atom. The standard InChI is InChI=1S/C14H21N3O2.ClH/c1-2-12-6-9(5-11(1)15-12)7-13-16-14(17-19-13)10-3-4-18-8-10;/h9-12,15H,1-8H2;1H. The lowest BCUT2D eigenvalue weighted by molar-refractivity contribution is 0.192. The Balaban J connectivity index is 0.00000121. The maximum atomic E-state index is 5.43. The van der Waals surface area contributed by atoms with Gasteiger partial charge in [-0.25, -0.2) is 0 Å². The predicted octanol–water partition coefficient (Wildman–Crippen LogP) is 2.07. The molecule has 20 heavy (non-hydrogen) atoms. The molecule has 4 rings (SSSR count). The van der Waals surface area contributed by atoms with E-state index in [2.05, 4.69) is 15.5 Å². The number of nitrogens with one attached hydrogen (secondary N) is 1. The summed E-state index contributed by atoms with van der Waals surface area (Å²) in [4.78, 5) is 4.58. The molecular weight excluding hydrogens is 278 g/mol. The van der Waals surface area contributed by atoms with Gasteiger partial charge < -0.3 is 14.6 Å². The Kier molecular flexibility index (Phi) is 4.29. The highest BCUT2D eigenvalue weighted by Crippen LogP contribution is 2.33. The normalized spacial score (nSPS) is 36.0. The second-order valence-electron chi connectivity index (χ2n) is 6.29. The van der Waals surface area contributed by atoms with Crippen molar-refractivity contribution in [2.24, 2.45) is 5.92 Å². The second-order valence-corrected chi connectivity index (χ2v) is 6.29. The van der Waals surface area contributed by atoms with Crippen molar-refractivity contribution < 1.29 is 9.26 Å². The summed E-state index contributed by atoms with van der Waals surface area (Å²) in [5.41, 5.74) is 0. The first kappa shape index (κ1) is 14.3. The lowest BCUT2D eigenvalue weighted by atomic mass is 9.90. The van der Waals surface area contributed by atoms with Crippen LogP contribution in [0.4, 0.5) is 0 Å². The molecule has 2 bridgehead atoms. The molecule has 1 aromatic heterocycles. The summed E-state index contributed by atoms with van der Waals surface area (Å²) >= 11 is 0. The molecular formula is C14H22ClN3O2. The van der Waals surface area contributed by atoms with E-state index in [1.54, 1.807) is 0 Å². The summed E-state index contributed by atoms with van der Waals surface area (Å²) < 4.78 is 10.8. The van der Waals surface area contributed by atoms with Crippen molar-refractivity contribution in [2.75, 3.05) is 13.2 Å². The summed E-state index contributed by atoms with van der Waals surface area (Å²) in [6.07, 6.45) is 7.19. The van der Waals surface area contributed by atoms with Gasteiger partial charge in [-0.15, -0.1) is 12.4 Å². The van der Waals surface area contributed by atoms with Gasteiger partial charge in [0.1, 0.15) is 0 Å². The molecule has 3 aliphatic rings.